The van der Waals surface area contributed by atoms with Crippen LogP contribution in [0.15, 0.2) is 65.4 Å². The first-order valence-electron chi connectivity index (χ1n) is 9.35. The van der Waals surface area contributed by atoms with Crippen LogP contribution in [-0.4, -0.2) is 24.7 Å². The number of fused-ring (bicyclic) bond motifs is 2. The first-order valence-corrected chi connectivity index (χ1v) is 10.1. The van der Waals surface area contributed by atoms with E-state index < -0.39 is 0 Å². The van der Waals surface area contributed by atoms with Crippen molar-refractivity contribution in [3.8, 4) is 22.8 Å². The monoisotopic (exact) mass is 429 g/mol. The molecule has 0 saturated heterocycles. The van der Waals surface area contributed by atoms with Crippen LogP contribution in [0.3, 0.4) is 0 Å². The van der Waals surface area contributed by atoms with Gasteiger partial charge in [0.2, 0.25) is 0 Å². The van der Waals surface area contributed by atoms with Crippen LogP contribution in [-0.2, 0) is 0 Å². The lowest BCUT2D eigenvalue weighted by atomic mass is 10.1. The van der Waals surface area contributed by atoms with Crippen molar-refractivity contribution < 1.29 is 0 Å². The molecule has 1 aliphatic rings. The van der Waals surface area contributed by atoms with Crippen LogP contribution in [0, 0.1) is 0 Å². The van der Waals surface area contributed by atoms with E-state index in [1.54, 1.807) is 6.33 Å². The van der Waals surface area contributed by atoms with Gasteiger partial charge in [0.1, 0.15) is 5.52 Å². The standard InChI is InChI=1S/C22H16BrN5/c23-18-10-16(11-19-20(18)25-12-24-19)22-26-21(27-28(22)17-7-8-17)15-6-5-13-3-1-2-4-14(13)9-15/h1-6,9-12,17H,7-8H2,(H,24,25). The van der Waals surface area contributed by atoms with Crippen LogP contribution in [0.2, 0.25) is 0 Å². The molecule has 1 saturated carbocycles. The van der Waals surface area contributed by atoms with Crippen LogP contribution >= 0.6 is 15.9 Å². The summed E-state index contributed by atoms with van der Waals surface area (Å²) in [5.41, 5.74) is 3.99. The molecule has 1 aliphatic carbocycles. The summed E-state index contributed by atoms with van der Waals surface area (Å²) in [6, 6.07) is 19.4. The Morgan fingerprint density at radius 3 is 2.68 bits per heavy atom. The molecule has 2 aromatic heterocycles. The average molecular weight is 430 g/mol. The first-order chi connectivity index (χ1) is 13.8. The number of halogens is 1. The van der Waals surface area contributed by atoms with Crippen LogP contribution in [0.5, 0.6) is 0 Å². The first kappa shape index (κ1) is 16.0. The highest BCUT2D eigenvalue weighted by Gasteiger charge is 2.29. The van der Waals surface area contributed by atoms with Gasteiger partial charge in [-0.25, -0.2) is 14.6 Å². The fourth-order valence-electron chi connectivity index (χ4n) is 3.68. The quantitative estimate of drug-likeness (QED) is 0.397. The maximum absolute atomic E-state index is 4.95. The maximum atomic E-state index is 4.95. The predicted octanol–water partition coefficient (Wildman–Crippen LogP) is 5.74. The van der Waals surface area contributed by atoms with Gasteiger partial charge < -0.3 is 4.98 Å². The van der Waals surface area contributed by atoms with Gasteiger partial charge in [-0.15, -0.1) is 0 Å². The largest absolute Gasteiger partial charge is 0.345 e. The second kappa shape index (κ2) is 6.01. The molecule has 6 rings (SSSR count). The summed E-state index contributed by atoms with van der Waals surface area (Å²) in [6.45, 7) is 0. The van der Waals surface area contributed by atoms with Gasteiger partial charge in [0.05, 0.1) is 17.9 Å². The molecule has 5 nitrogen and oxygen atoms in total. The highest BCUT2D eigenvalue weighted by Crippen LogP contribution is 2.39. The van der Waals surface area contributed by atoms with Gasteiger partial charge in [-0.3, -0.25) is 0 Å². The van der Waals surface area contributed by atoms with E-state index in [9.17, 15) is 0 Å². The van der Waals surface area contributed by atoms with Crippen molar-refractivity contribution in [3.05, 3.63) is 65.4 Å². The summed E-state index contributed by atoms with van der Waals surface area (Å²) in [7, 11) is 0. The molecule has 3 aromatic carbocycles. The van der Waals surface area contributed by atoms with E-state index in [0.717, 1.165) is 51.1 Å². The lowest BCUT2D eigenvalue weighted by Crippen LogP contribution is -1.99. The number of H-pyrrole nitrogens is 1. The zero-order chi connectivity index (χ0) is 18.7. The molecule has 28 heavy (non-hydrogen) atoms. The second-order valence-electron chi connectivity index (χ2n) is 7.25. The smallest absolute Gasteiger partial charge is 0.181 e. The Balaban J connectivity index is 1.52. The Morgan fingerprint density at radius 1 is 0.964 bits per heavy atom. The summed E-state index contributed by atoms with van der Waals surface area (Å²) < 4.78 is 3.05. The number of benzene rings is 3. The number of nitrogens with zero attached hydrogens (tertiary/aromatic N) is 4. The van der Waals surface area contributed by atoms with E-state index in [-0.39, 0.29) is 0 Å². The third-order valence-corrected chi connectivity index (χ3v) is 5.87. The van der Waals surface area contributed by atoms with Crippen molar-refractivity contribution in [2.45, 2.75) is 18.9 Å². The summed E-state index contributed by atoms with van der Waals surface area (Å²) in [5, 5.41) is 7.31. The highest BCUT2D eigenvalue weighted by molar-refractivity contribution is 9.10. The Bertz CT molecular complexity index is 1350. The van der Waals surface area contributed by atoms with E-state index in [4.69, 9.17) is 10.1 Å². The molecule has 136 valence electrons. The number of hydrogen-bond donors (Lipinski definition) is 1. The molecular formula is C22H16BrN5. The minimum Gasteiger partial charge on any atom is -0.345 e. The zero-order valence-corrected chi connectivity index (χ0v) is 16.5. The van der Waals surface area contributed by atoms with Crippen molar-refractivity contribution in [2.75, 3.05) is 0 Å². The van der Waals surface area contributed by atoms with Crippen LogP contribution in [0.4, 0.5) is 0 Å². The normalized spacial score (nSPS) is 14.2. The third kappa shape index (κ3) is 2.56. The van der Waals surface area contributed by atoms with E-state index in [1.165, 1.54) is 10.8 Å². The van der Waals surface area contributed by atoms with Gasteiger partial charge in [-0.2, -0.15) is 5.10 Å². The molecule has 0 radical (unpaired) electrons. The lowest BCUT2D eigenvalue weighted by molar-refractivity contribution is 0.649. The molecule has 1 fully saturated rings. The summed E-state index contributed by atoms with van der Waals surface area (Å²) in [4.78, 5) is 12.5. The number of hydrogen-bond acceptors (Lipinski definition) is 3. The molecule has 6 heteroatoms. The molecule has 0 bridgehead atoms. The molecule has 0 unspecified atom stereocenters. The fourth-order valence-corrected chi connectivity index (χ4v) is 4.24. The van der Waals surface area contributed by atoms with Gasteiger partial charge in [-0.1, -0.05) is 36.4 Å². The Morgan fingerprint density at radius 2 is 1.82 bits per heavy atom. The molecule has 0 atom stereocenters. The van der Waals surface area contributed by atoms with Crippen molar-refractivity contribution in [1.29, 1.82) is 0 Å². The summed E-state index contributed by atoms with van der Waals surface area (Å²) >= 11 is 3.64. The fraction of sp³-hybridized carbons (Fsp3) is 0.136. The van der Waals surface area contributed by atoms with Crippen molar-refractivity contribution in [3.63, 3.8) is 0 Å². The Hall–Kier alpha value is -2.99. The predicted molar refractivity (Wildman–Crippen MR) is 114 cm³/mol. The van der Waals surface area contributed by atoms with E-state index >= 15 is 0 Å². The molecule has 5 aromatic rings. The molecule has 2 heterocycles. The number of nitrogens with one attached hydrogen (secondary N) is 1. The van der Waals surface area contributed by atoms with E-state index in [2.05, 4.69) is 85.2 Å². The molecule has 0 aliphatic heterocycles. The molecule has 0 amide bonds. The SMILES string of the molecule is Brc1cc(-c2nc(-c3ccc4ccccc4c3)nn2C2CC2)cc2[nH]cnc12. The minimum atomic E-state index is 0.438. The molecular weight excluding hydrogens is 414 g/mol. The Labute approximate surface area is 169 Å². The lowest BCUT2D eigenvalue weighted by Gasteiger charge is -2.05. The van der Waals surface area contributed by atoms with Crippen molar-refractivity contribution >= 4 is 37.7 Å². The number of imidazole rings is 1. The second-order valence-corrected chi connectivity index (χ2v) is 8.11. The number of aromatic nitrogens is 5. The van der Waals surface area contributed by atoms with E-state index in [1.807, 2.05) is 0 Å². The van der Waals surface area contributed by atoms with Crippen molar-refractivity contribution in [2.24, 2.45) is 0 Å². The summed E-state index contributed by atoms with van der Waals surface area (Å²) in [6.07, 6.45) is 4.02. The highest BCUT2D eigenvalue weighted by atomic mass is 79.9. The minimum absolute atomic E-state index is 0.438. The zero-order valence-electron chi connectivity index (χ0n) is 14.9. The van der Waals surface area contributed by atoms with Crippen LogP contribution in [0.1, 0.15) is 18.9 Å². The molecule has 0 spiro atoms. The van der Waals surface area contributed by atoms with Crippen LogP contribution in [0.25, 0.3) is 44.6 Å². The van der Waals surface area contributed by atoms with Crippen molar-refractivity contribution in [1.82, 2.24) is 24.7 Å². The van der Waals surface area contributed by atoms with Gasteiger partial charge in [0.15, 0.2) is 11.6 Å². The number of aromatic amines is 1. The van der Waals surface area contributed by atoms with E-state index in [0.29, 0.717) is 6.04 Å². The van der Waals surface area contributed by atoms with Gasteiger partial charge in [0, 0.05) is 15.6 Å². The van der Waals surface area contributed by atoms with Gasteiger partial charge >= 0.3 is 0 Å². The Kier molecular flexibility index (Phi) is 3.43. The van der Waals surface area contributed by atoms with Gasteiger partial charge in [0.25, 0.3) is 0 Å². The summed E-state index contributed by atoms with van der Waals surface area (Å²) in [5.74, 6) is 1.68. The molecule has 1 N–H and O–H groups in total. The third-order valence-electron chi connectivity index (χ3n) is 5.27. The van der Waals surface area contributed by atoms with Crippen LogP contribution < -0.4 is 0 Å². The average Bonchev–Trinajstić information content (AvgIpc) is 3.27. The number of rotatable bonds is 3. The maximum Gasteiger partial charge on any atom is 0.181 e. The topological polar surface area (TPSA) is 59.4 Å². The van der Waals surface area contributed by atoms with Gasteiger partial charge in [-0.05, 0) is 57.7 Å².